The van der Waals surface area contributed by atoms with E-state index in [-0.39, 0.29) is 23.2 Å². The van der Waals surface area contributed by atoms with Crippen LogP contribution in [0.1, 0.15) is 66.3 Å². The maximum absolute atomic E-state index is 13.5. The Morgan fingerprint density at radius 1 is 1.18 bits per heavy atom. The van der Waals surface area contributed by atoms with Crippen LogP contribution >= 0.6 is 0 Å². The lowest BCUT2D eigenvalue weighted by Gasteiger charge is -2.41. The number of nitrogens with zero attached hydrogens (tertiary/aromatic N) is 2. The van der Waals surface area contributed by atoms with Crippen LogP contribution in [0.2, 0.25) is 0 Å². The van der Waals surface area contributed by atoms with Gasteiger partial charge in [0.05, 0.1) is 5.25 Å². The summed E-state index contributed by atoms with van der Waals surface area (Å²) in [5, 5.41) is 9.88. The highest BCUT2D eigenvalue weighted by Gasteiger charge is 2.41. The van der Waals surface area contributed by atoms with Gasteiger partial charge < -0.3 is 15.2 Å². The molecule has 1 unspecified atom stereocenters. The molecule has 178 valence electrons. The van der Waals surface area contributed by atoms with E-state index in [0.717, 1.165) is 37.1 Å². The van der Waals surface area contributed by atoms with Crippen molar-refractivity contribution in [2.24, 2.45) is 0 Å². The topological polar surface area (TPSA) is 105 Å². The molecule has 1 amide bonds. The SMILES string of the molecule is O=C(N[C@H]1CCN(S(=O)(=O)C2CCCNC2)[C@@H](Cc2ccccc2)C1)c1cc(C2CC2)on1. The van der Waals surface area contributed by atoms with Gasteiger partial charge in [-0.2, -0.15) is 4.31 Å². The van der Waals surface area contributed by atoms with Crippen LogP contribution in [0.5, 0.6) is 0 Å². The Morgan fingerprint density at radius 2 is 2.00 bits per heavy atom. The number of hydrogen-bond donors (Lipinski definition) is 2. The standard InChI is InChI=1S/C24H32N4O4S/c29-24(22-15-23(32-27-22)18-8-9-18)26-19-10-12-28(33(30,31)21-7-4-11-25-16-21)20(14-19)13-17-5-2-1-3-6-17/h1-3,5-6,15,18-21,25H,4,7-14,16H2,(H,26,29)/t19-,20-,21?/m0/s1. The van der Waals surface area contributed by atoms with Crippen molar-refractivity contribution in [1.29, 1.82) is 0 Å². The smallest absolute Gasteiger partial charge is 0.273 e. The molecule has 8 nitrogen and oxygen atoms in total. The van der Waals surface area contributed by atoms with Crippen molar-refractivity contribution in [1.82, 2.24) is 20.1 Å². The Kier molecular flexibility index (Phi) is 6.53. The van der Waals surface area contributed by atoms with Gasteiger partial charge >= 0.3 is 0 Å². The van der Waals surface area contributed by atoms with Crippen LogP contribution in [0, 0.1) is 0 Å². The highest BCUT2D eigenvalue weighted by atomic mass is 32.2. The zero-order valence-electron chi connectivity index (χ0n) is 18.8. The third-order valence-electron chi connectivity index (χ3n) is 7.05. The van der Waals surface area contributed by atoms with E-state index in [9.17, 15) is 13.2 Å². The lowest BCUT2D eigenvalue weighted by Crippen LogP contribution is -2.56. The minimum absolute atomic E-state index is 0.108. The van der Waals surface area contributed by atoms with E-state index in [1.54, 1.807) is 10.4 Å². The summed E-state index contributed by atoms with van der Waals surface area (Å²) in [6, 6.07) is 11.4. The summed E-state index contributed by atoms with van der Waals surface area (Å²) in [5.41, 5.74) is 1.40. The van der Waals surface area contributed by atoms with E-state index in [2.05, 4.69) is 15.8 Å². The number of nitrogens with one attached hydrogen (secondary N) is 2. The summed E-state index contributed by atoms with van der Waals surface area (Å²) in [5.74, 6) is 0.933. The number of carbonyl (C=O) groups excluding carboxylic acids is 1. The molecule has 3 aliphatic rings. The molecule has 2 N–H and O–H groups in total. The first-order valence-corrected chi connectivity index (χ1v) is 13.5. The molecule has 0 spiro atoms. The summed E-state index contributed by atoms with van der Waals surface area (Å²) in [6.07, 6.45) is 5.53. The molecule has 1 aromatic heterocycles. The summed E-state index contributed by atoms with van der Waals surface area (Å²) < 4.78 is 34.1. The second kappa shape index (κ2) is 9.56. The second-order valence-electron chi connectivity index (χ2n) is 9.55. The van der Waals surface area contributed by atoms with Gasteiger partial charge in [-0.3, -0.25) is 4.79 Å². The van der Waals surface area contributed by atoms with Crippen molar-refractivity contribution in [3.05, 3.63) is 53.4 Å². The molecular formula is C24H32N4O4S. The highest BCUT2D eigenvalue weighted by molar-refractivity contribution is 7.89. The maximum atomic E-state index is 13.5. The van der Waals surface area contributed by atoms with Crippen LogP contribution in [0.4, 0.5) is 0 Å². The highest BCUT2D eigenvalue weighted by Crippen LogP contribution is 2.40. The molecule has 2 aliphatic heterocycles. The molecule has 3 fully saturated rings. The number of rotatable bonds is 7. The zero-order valence-corrected chi connectivity index (χ0v) is 19.6. The van der Waals surface area contributed by atoms with Crippen molar-refractivity contribution >= 4 is 15.9 Å². The van der Waals surface area contributed by atoms with Gasteiger partial charge in [0.15, 0.2) is 5.69 Å². The van der Waals surface area contributed by atoms with Crippen molar-refractivity contribution in [2.75, 3.05) is 19.6 Å². The van der Waals surface area contributed by atoms with Gasteiger partial charge in [0.1, 0.15) is 5.76 Å². The minimum Gasteiger partial charge on any atom is -0.360 e. The van der Waals surface area contributed by atoms with Crippen LogP contribution in [-0.4, -0.2) is 60.8 Å². The fourth-order valence-corrected chi connectivity index (χ4v) is 7.16. The lowest BCUT2D eigenvalue weighted by molar-refractivity contribution is 0.0902. The van der Waals surface area contributed by atoms with Gasteiger partial charge in [-0.1, -0.05) is 35.5 Å². The number of benzene rings is 1. The van der Waals surface area contributed by atoms with Crippen LogP contribution in [-0.2, 0) is 16.4 Å². The fourth-order valence-electron chi connectivity index (χ4n) is 5.05. The Balaban J connectivity index is 1.30. The van der Waals surface area contributed by atoms with Crippen LogP contribution in [0.3, 0.4) is 0 Å². The van der Waals surface area contributed by atoms with Gasteiger partial charge in [-0.05, 0) is 57.1 Å². The molecule has 2 saturated heterocycles. The number of sulfonamides is 1. The van der Waals surface area contributed by atoms with Crippen molar-refractivity contribution in [2.45, 2.75) is 68.2 Å². The van der Waals surface area contributed by atoms with E-state index in [0.29, 0.717) is 50.4 Å². The third-order valence-corrected chi connectivity index (χ3v) is 9.43. The first-order chi connectivity index (χ1) is 16.0. The molecule has 0 bridgehead atoms. The van der Waals surface area contributed by atoms with Crippen molar-refractivity contribution < 1.29 is 17.7 Å². The molecule has 1 saturated carbocycles. The zero-order chi connectivity index (χ0) is 22.8. The minimum atomic E-state index is -3.43. The Bertz CT molecular complexity index is 1060. The van der Waals surface area contributed by atoms with Crippen molar-refractivity contribution in [3.8, 4) is 0 Å². The molecule has 1 aromatic carbocycles. The monoisotopic (exact) mass is 472 g/mol. The van der Waals surface area contributed by atoms with Gasteiger partial charge in [-0.25, -0.2) is 8.42 Å². The maximum Gasteiger partial charge on any atom is 0.273 e. The molecule has 2 aromatic rings. The number of hydrogen-bond acceptors (Lipinski definition) is 6. The average molecular weight is 473 g/mol. The van der Waals surface area contributed by atoms with Crippen molar-refractivity contribution in [3.63, 3.8) is 0 Å². The van der Waals surface area contributed by atoms with E-state index in [1.165, 1.54) is 0 Å². The number of aromatic nitrogens is 1. The lowest BCUT2D eigenvalue weighted by atomic mass is 9.94. The average Bonchev–Trinajstić information content (AvgIpc) is 3.56. The van der Waals surface area contributed by atoms with E-state index in [4.69, 9.17) is 4.52 Å². The van der Waals surface area contributed by atoms with Crippen LogP contribution in [0.15, 0.2) is 40.9 Å². The number of carbonyl (C=O) groups is 1. The Labute approximate surface area is 195 Å². The number of amides is 1. The molecule has 3 heterocycles. The summed E-state index contributed by atoms with van der Waals surface area (Å²) in [7, 11) is -3.43. The Morgan fingerprint density at radius 3 is 2.73 bits per heavy atom. The largest absolute Gasteiger partial charge is 0.360 e. The normalized spacial score (nSPS) is 26.7. The van der Waals surface area contributed by atoms with Crippen LogP contribution < -0.4 is 10.6 Å². The molecule has 3 atom stereocenters. The molecular weight excluding hydrogens is 440 g/mol. The van der Waals surface area contributed by atoms with E-state index >= 15 is 0 Å². The second-order valence-corrected chi connectivity index (χ2v) is 11.7. The van der Waals surface area contributed by atoms with Gasteiger partial charge in [0.2, 0.25) is 10.0 Å². The van der Waals surface area contributed by atoms with E-state index < -0.39 is 10.0 Å². The predicted octanol–water partition coefficient (Wildman–Crippen LogP) is 2.44. The van der Waals surface area contributed by atoms with Gasteiger partial charge in [0.25, 0.3) is 5.91 Å². The van der Waals surface area contributed by atoms with E-state index in [1.807, 2.05) is 30.3 Å². The number of piperidine rings is 2. The fraction of sp³-hybridized carbons (Fsp3) is 0.583. The first-order valence-electron chi connectivity index (χ1n) is 12.0. The molecule has 0 radical (unpaired) electrons. The summed E-state index contributed by atoms with van der Waals surface area (Å²) in [4.78, 5) is 12.8. The first kappa shape index (κ1) is 22.6. The predicted molar refractivity (Wildman–Crippen MR) is 124 cm³/mol. The van der Waals surface area contributed by atoms with Gasteiger partial charge in [-0.15, -0.1) is 0 Å². The quantitative estimate of drug-likeness (QED) is 0.641. The molecule has 5 rings (SSSR count). The summed E-state index contributed by atoms with van der Waals surface area (Å²) in [6.45, 7) is 1.79. The van der Waals surface area contributed by atoms with Gasteiger partial charge in [0, 0.05) is 37.2 Å². The third kappa shape index (κ3) is 5.15. The Hall–Kier alpha value is -2.23. The molecule has 33 heavy (non-hydrogen) atoms. The molecule has 1 aliphatic carbocycles. The van der Waals surface area contributed by atoms with Crippen LogP contribution in [0.25, 0.3) is 0 Å². The summed E-state index contributed by atoms with van der Waals surface area (Å²) >= 11 is 0. The molecule has 9 heteroatoms.